The molecule has 0 bridgehead atoms. The molecule has 1 N–H and O–H groups in total. The molecule has 0 radical (unpaired) electrons. The predicted molar refractivity (Wildman–Crippen MR) is 133 cm³/mol. The van der Waals surface area contributed by atoms with Gasteiger partial charge in [0, 0.05) is 29.9 Å². The van der Waals surface area contributed by atoms with Crippen molar-refractivity contribution >= 4 is 21.6 Å². The van der Waals surface area contributed by atoms with Gasteiger partial charge in [0.05, 0.1) is 26.2 Å². The number of carbonyl (C=O) groups excluding carboxylic acids is 1. The molecule has 3 aromatic rings. The van der Waals surface area contributed by atoms with Crippen LogP contribution < -0.4 is 23.8 Å². The number of rotatable bonds is 8. The van der Waals surface area contributed by atoms with Gasteiger partial charge in [-0.2, -0.15) is 0 Å². The number of nitrogens with one attached hydrogen (secondary N) is 1. The number of ether oxygens (including phenoxy) is 3. The van der Waals surface area contributed by atoms with Crippen LogP contribution in [0.25, 0.3) is 0 Å². The number of sulfonamides is 1. The fraction of sp³-hybridized carbons (Fsp3) is 0.269. The highest BCUT2D eigenvalue weighted by Crippen LogP contribution is 2.35. The van der Waals surface area contributed by atoms with E-state index in [1.54, 1.807) is 42.3 Å². The normalized spacial score (nSPS) is 15.0. The summed E-state index contributed by atoms with van der Waals surface area (Å²) in [6.45, 7) is 2.07. The van der Waals surface area contributed by atoms with Crippen LogP contribution in [0.2, 0.25) is 0 Å². The number of carbonyl (C=O) groups is 1. The Labute approximate surface area is 205 Å². The molecule has 4 rings (SSSR count). The van der Waals surface area contributed by atoms with E-state index >= 15 is 0 Å². The predicted octanol–water partition coefficient (Wildman–Crippen LogP) is 3.78. The monoisotopic (exact) mass is 496 g/mol. The van der Waals surface area contributed by atoms with Gasteiger partial charge >= 0.3 is 0 Å². The summed E-state index contributed by atoms with van der Waals surface area (Å²) < 4.78 is 44.0. The first-order chi connectivity index (χ1) is 16.8. The minimum Gasteiger partial charge on any atom is -0.497 e. The Morgan fingerprint density at radius 3 is 2.31 bits per heavy atom. The van der Waals surface area contributed by atoms with Crippen LogP contribution in [-0.4, -0.2) is 41.7 Å². The molecule has 1 aliphatic rings. The van der Waals surface area contributed by atoms with E-state index in [0.29, 0.717) is 22.8 Å². The first-order valence-electron chi connectivity index (χ1n) is 11.1. The summed E-state index contributed by atoms with van der Waals surface area (Å²) in [5.41, 5.74) is 3.14. The Kier molecular flexibility index (Phi) is 7.00. The van der Waals surface area contributed by atoms with Gasteiger partial charge in [-0.1, -0.05) is 12.1 Å². The van der Waals surface area contributed by atoms with Crippen LogP contribution in [0.4, 0.5) is 5.69 Å². The zero-order valence-electron chi connectivity index (χ0n) is 20.1. The lowest BCUT2D eigenvalue weighted by atomic mass is 10.1. The zero-order valence-corrected chi connectivity index (χ0v) is 20.9. The number of benzene rings is 3. The molecule has 0 unspecified atom stereocenters. The van der Waals surface area contributed by atoms with Crippen molar-refractivity contribution in [2.75, 3.05) is 26.2 Å². The van der Waals surface area contributed by atoms with Gasteiger partial charge in [-0.25, -0.2) is 13.1 Å². The molecular weight excluding hydrogens is 468 g/mol. The van der Waals surface area contributed by atoms with E-state index < -0.39 is 10.0 Å². The first kappa shape index (κ1) is 24.6. The SMILES string of the molecule is COc1ccc(C(=O)N2c3cc(CNS(=O)(=O)c4ccc(OC)c(OC)c4)ccc3C[C@@H]2C)cc1. The molecule has 1 heterocycles. The van der Waals surface area contributed by atoms with Crippen LogP contribution >= 0.6 is 0 Å². The van der Waals surface area contributed by atoms with Gasteiger partial charge in [0.1, 0.15) is 5.75 Å². The van der Waals surface area contributed by atoms with Crippen LogP contribution in [0.15, 0.2) is 65.6 Å². The summed E-state index contributed by atoms with van der Waals surface area (Å²) in [6, 6.07) is 17.1. The molecule has 0 saturated carbocycles. The lowest BCUT2D eigenvalue weighted by molar-refractivity contribution is 0.0981. The van der Waals surface area contributed by atoms with Crippen molar-refractivity contribution in [2.45, 2.75) is 30.8 Å². The topological polar surface area (TPSA) is 94.2 Å². The van der Waals surface area contributed by atoms with Crippen LogP contribution in [-0.2, 0) is 23.0 Å². The fourth-order valence-corrected chi connectivity index (χ4v) is 5.22. The largest absolute Gasteiger partial charge is 0.497 e. The van der Waals surface area contributed by atoms with Gasteiger partial charge in [-0.05, 0) is 66.9 Å². The van der Waals surface area contributed by atoms with Crippen LogP contribution in [0.5, 0.6) is 17.2 Å². The minimum atomic E-state index is -3.80. The van der Waals surface area contributed by atoms with Crippen molar-refractivity contribution in [1.82, 2.24) is 4.72 Å². The maximum Gasteiger partial charge on any atom is 0.258 e. The maximum atomic E-state index is 13.3. The van der Waals surface area contributed by atoms with Crippen molar-refractivity contribution < 1.29 is 27.4 Å². The van der Waals surface area contributed by atoms with E-state index in [4.69, 9.17) is 14.2 Å². The third-order valence-corrected chi connectivity index (χ3v) is 7.45. The third-order valence-electron chi connectivity index (χ3n) is 6.05. The summed E-state index contributed by atoms with van der Waals surface area (Å²) in [5.74, 6) is 1.35. The van der Waals surface area contributed by atoms with Gasteiger partial charge in [0.2, 0.25) is 10.0 Å². The Morgan fingerprint density at radius 1 is 0.943 bits per heavy atom. The zero-order chi connectivity index (χ0) is 25.2. The molecule has 8 nitrogen and oxygen atoms in total. The molecule has 0 aromatic heterocycles. The van der Waals surface area contributed by atoms with Gasteiger partial charge < -0.3 is 19.1 Å². The van der Waals surface area contributed by atoms with Crippen molar-refractivity contribution in [3.63, 3.8) is 0 Å². The molecule has 0 fully saturated rings. The quantitative estimate of drug-likeness (QED) is 0.510. The highest BCUT2D eigenvalue weighted by molar-refractivity contribution is 7.89. The smallest absolute Gasteiger partial charge is 0.258 e. The third kappa shape index (κ3) is 4.96. The second kappa shape index (κ2) is 9.97. The van der Waals surface area contributed by atoms with Crippen LogP contribution in [0, 0.1) is 0 Å². The molecule has 0 aliphatic carbocycles. The number of nitrogens with zero attached hydrogens (tertiary/aromatic N) is 1. The van der Waals surface area contributed by atoms with E-state index in [1.807, 2.05) is 25.1 Å². The number of methoxy groups -OCH3 is 3. The van der Waals surface area contributed by atoms with E-state index in [0.717, 1.165) is 23.2 Å². The average molecular weight is 497 g/mol. The first-order valence-corrected chi connectivity index (χ1v) is 12.6. The fourth-order valence-electron chi connectivity index (χ4n) is 4.19. The Balaban J connectivity index is 1.54. The standard InChI is InChI=1S/C26H28N2O6S/c1-17-13-20-6-5-18(14-23(20)28(17)26(29)19-7-9-21(32-2)10-8-19)16-27-35(30,31)22-11-12-24(33-3)25(15-22)34-4/h5-12,14-15,17,27H,13,16H2,1-4H3/t17-/m0/s1. The average Bonchev–Trinajstić information content (AvgIpc) is 3.21. The Hall–Kier alpha value is -3.56. The van der Waals surface area contributed by atoms with Gasteiger partial charge in [-0.3, -0.25) is 4.79 Å². The van der Waals surface area contributed by atoms with Crippen LogP contribution in [0.3, 0.4) is 0 Å². The Morgan fingerprint density at radius 2 is 1.66 bits per heavy atom. The van der Waals surface area contributed by atoms with Crippen molar-refractivity contribution in [2.24, 2.45) is 0 Å². The summed E-state index contributed by atoms with van der Waals surface area (Å²) >= 11 is 0. The van der Waals surface area contributed by atoms with Crippen molar-refractivity contribution in [1.29, 1.82) is 0 Å². The summed E-state index contributed by atoms with van der Waals surface area (Å²) in [4.78, 5) is 15.1. The summed E-state index contributed by atoms with van der Waals surface area (Å²) in [5, 5.41) is 0. The van der Waals surface area contributed by atoms with E-state index in [9.17, 15) is 13.2 Å². The van der Waals surface area contributed by atoms with E-state index in [2.05, 4.69) is 4.72 Å². The molecule has 1 atom stereocenters. The molecule has 9 heteroatoms. The highest BCUT2D eigenvalue weighted by Gasteiger charge is 2.32. The second-order valence-corrected chi connectivity index (χ2v) is 10.0. The second-order valence-electron chi connectivity index (χ2n) is 8.26. The molecule has 1 amide bonds. The van der Waals surface area contributed by atoms with Gasteiger partial charge in [0.15, 0.2) is 11.5 Å². The lowest BCUT2D eigenvalue weighted by Gasteiger charge is -2.23. The lowest BCUT2D eigenvalue weighted by Crippen LogP contribution is -2.35. The molecule has 3 aromatic carbocycles. The molecular formula is C26H28N2O6S. The van der Waals surface area contributed by atoms with Crippen LogP contribution in [0.1, 0.15) is 28.4 Å². The number of fused-ring (bicyclic) bond motifs is 1. The number of hydrogen-bond donors (Lipinski definition) is 1. The van der Waals surface area contributed by atoms with Gasteiger partial charge in [0.25, 0.3) is 5.91 Å². The molecule has 1 aliphatic heterocycles. The molecule has 184 valence electrons. The molecule has 35 heavy (non-hydrogen) atoms. The number of hydrogen-bond acceptors (Lipinski definition) is 6. The summed E-state index contributed by atoms with van der Waals surface area (Å²) in [7, 11) is 0.720. The minimum absolute atomic E-state index is 0.0155. The van der Waals surface area contributed by atoms with Crippen molar-refractivity contribution in [3.05, 3.63) is 77.4 Å². The molecule has 0 saturated heterocycles. The summed E-state index contributed by atoms with van der Waals surface area (Å²) in [6.07, 6.45) is 0.731. The highest BCUT2D eigenvalue weighted by atomic mass is 32.2. The van der Waals surface area contributed by atoms with E-state index in [1.165, 1.54) is 26.4 Å². The van der Waals surface area contributed by atoms with E-state index in [-0.39, 0.29) is 23.4 Å². The van der Waals surface area contributed by atoms with Gasteiger partial charge in [-0.15, -0.1) is 0 Å². The maximum absolute atomic E-state index is 13.3. The number of amides is 1. The van der Waals surface area contributed by atoms with Crippen molar-refractivity contribution in [3.8, 4) is 17.2 Å². The Bertz CT molecular complexity index is 1340. The number of anilines is 1. The molecule has 0 spiro atoms.